The van der Waals surface area contributed by atoms with E-state index in [0.717, 1.165) is 63.2 Å². The molecule has 0 N–H and O–H groups in total. The Labute approximate surface area is 142 Å². The van der Waals surface area contributed by atoms with Crippen LogP contribution in [0.25, 0.3) is 5.52 Å². The van der Waals surface area contributed by atoms with Crippen molar-refractivity contribution in [3.63, 3.8) is 0 Å². The summed E-state index contributed by atoms with van der Waals surface area (Å²) in [6, 6.07) is 2.00. The van der Waals surface area contributed by atoms with Gasteiger partial charge in [0.25, 0.3) is 0 Å². The zero-order valence-corrected chi connectivity index (χ0v) is 14.1. The van der Waals surface area contributed by atoms with E-state index in [1.807, 2.05) is 16.8 Å². The highest BCUT2D eigenvalue weighted by atomic mass is 16.2. The molecule has 0 atom stereocenters. The number of carbonyl (C=O) groups excluding carboxylic acids is 1. The topological polar surface area (TPSA) is 53.7 Å². The van der Waals surface area contributed by atoms with E-state index in [9.17, 15) is 4.79 Å². The molecule has 4 rings (SSSR count). The van der Waals surface area contributed by atoms with Crippen molar-refractivity contribution < 1.29 is 4.79 Å². The molecule has 128 valence electrons. The molecule has 4 heterocycles. The number of hydrogen-bond donors (Lipinski definition) is 0. The second kappa shape index (κ2) is 6.79. The Morgan fingerprint density at radius 1 is 1.00 bits per heavy atom. The van der Waals surface area contributed by atoms with E-state index in [1.54, 1.807) is 12.4 Å². The zero-order chi connectivity index (χ0) is 16.4. The van der Waals surface area contributed by atoms with E-state index < -0.39 is 0 Å². The summed E-state index contributed by atoms with van der Waals surface area (Å²) in [4.78, 5) is 21.8. The van der Waals surface area contributed by atoms with Crippen molar-refractivity contribution in [2.75, 3.05) is 31.1 Å². The minimum Gasteiger partial charge on any atom is -0.355 e. The van der Waals surface area contributed by atoms with Crippen molar-refractivity contribution in [3.8, 4) is 0 Å². The van der Waals surface area contributed by atoms with Gasteiger partial charge in [0.05, 0.1) is 6.20 Å². The van der Waals surface area contributed by atoms with Crippen molar-refractivity contribution in [2.24, 2.45) is 5.92 Å². The summed E-state index contributed by atoms with van der Waals surface area (Å²) in [5, 5.41) is 4.28. The van der Waals surface area contributed by atoms with E-state index in [2.05, 4.69) is 19.9 Å². The molecule has 0 bridgehead atoms. The standard InChI is InChI=1S/C18H25N5O/c24-18(22-10-3-1-2-4-11-22)15-6-12-21(13-7-15)17-16-5-8-20-23(16)14-9-19-17/h5,8-9,14-15H,1-4,6-7,10-13H2. The van der Waals surface area contributed by atoms with Crippen molar-refractivity contribution in [1.29, 1.82) is 0 Å². The van der Waals surface area contributed by atoms with Crippen LogP contribution in [-0.2, 0) is 4.79 Å². The molecule has 2 fully saturated rings. The molecule has 24 heavy (non-hydrogen) atoms. The number of aromatic nitrogens is 3. The minimum absolute atomic E-state index is 0.184. The van der Waals surface area contributed by atoms with Crippen molar-refractivity contribution in [2.45, 2.75) is 38.5 Å². The van der Waals surface area contributed by atoms with Gasteiger partial charge < -0.3 is 9.80 Å². The molecule has 2 aromatic rings. The van der Waals surface area contributed by atoms with Crippen LogP contribution in [0, 0.1) is 5.92 Å². The van der Waals surface area contributed by atoms with E-state index in [1.165, 1.54) is 12.8 Å². The number of hydrogen-bond acceptors (Lipinski definition) is 4. The molecule has 2 aliphatic heterocycles. The van der Waals surface area contributed by atoms with Gasteiger partial charge in [-0.05, 0) is 31.7 Å². The molecule has 0 saturated carbocycles. The van der Waals surface area contributed by atoms with Crippen LogP contribution in [0.4, 0.5) is 5.82 Å². The van der Waals surface area contributed by atoms with Gasteiger partial charge in [-0.2, -0.15) is 5.10 Å². The summed E-state index contributed by atoms with van der Waals surface area (Å²) in [7, 11) is 0. The highest BCUT2D eigenvalue weighted by Crippen LogP contribution is 2.26. The lowest BCUT2D eigenvalue weighted by molar-refractivity contribution is -0.136. The number of rotatable bonds is 2. The van der Waals surface area contributed by atoms with Crippen LogP contribution in [0.2, 0.25) is 0 Å². The van der Waals surface area contributed by atoms with Gasteiger partial charge in [-0.25, -0.2) is 9.50 Å². The monoisotopic (exact) mass is 327 g/mol. The van der Waals surface area contributed by atoms with Crippen LogP contribution in [-0.4, -0.2) is 51.6 Å². The molecule has 1 amide bonds. The molecular formula is C18H25N5O. The van der Waals surface area contributed by atoms with E-state index in [-0.39, 0.29) is 5.92 Å². The lowest BCUT2D eigenvalue weighted by Gasteiger charge is -2.34. The van der Waals surface area contributed by atoms with Crippen LogP contribution < -0.4 is 4.90 Å². The molecule has 2 aliphatic rings. The van der Waals surface area contributed by atoms with Gasteiger partial charge in [0.2, 0.25) is 5.91 Å². The molecule has 0 aromatic carbocycles. The third-order valence-electron chi connectivity index (χ3n) is 5.37. The molecule has 2 aromatic heterocycles. The summed E-state index contributed by atoms with van der Waals surface area (Å²) in [5.74, 6) is 1.55. The Balaban J connectivity index is 1.41. The van der Waals surface area contributed by atoms with Crippen LogP contribution in [0.15, 0.2) is 24.7 Å². The van der Waals surface area contributed by atoms with E-state index in [4.69, 9.17) is 0 Å². The van der Waals surface area contributed by atoms with Crippen LogP contribution in [0.3, 0.4) is 0 Å². The fraction of sp³-hybridized carbons (Fsp3) is 0.611. The molecule has 2 saturated heterocycles. The second-order valence-corrected chi connectivity index (χ2v) is 6.91. The van der Waals surface area contributed by atoms with Gasteiger partial charge in [0.1, 0.15) is 5.52 Å². The van der Waals surface area contributed by atoms with Crippen LogP contribution >= 0.6 is 0 Å². The minimum atomic E-state index is 0.184. The Morgan fingerprint density at radius 3 is 2.50 bits per heavy atom. The van der Waals surface area contributed by atoms with Crippen LogP contribution in [0.1, 0.15) is 38.5 Å². The molecule has 0 aliphatic carbocycles. The number of amides is 1. The van der Waals surface area contributed by atoms with Gasteiger partial charge in [-0.15, -0.1) is 0 Å². The van der Waals surface area contributed by atoms with Gasteiger partial charge in [-0.3, -0.25) is 4.79 Å². The molecule has 6 heteroatoms. The second-order valence-electron chi connectivity index (χ2n) is 6.91. The summed E-state index contributed by atoms with van der Waals surface area (Å²) >= 11 is 0. The Kier molecular flexibility index (Phi) is 4.36. The molecule has 6 nitrogen and oxygen atoms in total. The first-order valence-electron chi connectivity index (χ1n) is 9.15. The summed E-state index contributed by atoms with van der Waals surface area (Å²) in [6.07, 6.45) is 12.2. The normalized spacial score (nSPS) is 20.3. The SMILES string of the molecule is O=C(C1CCN(c2nccn3nccc23)CC1)N1CCCCCC1. The van der Waals surface area contributed by atoms with Crippen molar-refractivity contribution >= 4 is 17.2 Å². The first-order chi connectivity index (χ1) is 11.8. The Morgan fingerprint density at radius 2 is 1.75 bits per heavy atom. The number of fused-ring (bicyclic) bond motifs is 1. The average molecular weight is 327 g/mol. The predicted molar refractivity (Wildman–Crippen MR) is 93.0 cm³/mol. The third kappa shape index (κ3) is 2.97. The number of nitrogens with zero attached hydrogens (tertiary/aromatic N) is 5. The van der Waals surface area contributed by atoms with Crippen molar-refractivity contribution in [3.05, 3.63) is 24.7 Å². The highest BCUT2D eigenvalue weighted by Gasteiger charge is 2.29. The van der Waals surface area contributed by atoms with Gasteiger partial charge in [-0.1, -0.05) is 12.8 Å². The fourth-order valence-corrected chi connectivity index (χ4v) is 3.97. The third-order valence-corrected chi connectivity index (χ3v) is 5.37. The lowest BCUT2D eigenvalue weighted by atomic mass is 9.95. The average Bonchev–Trinajstić information content (AvgIpc) is 2.95. The number of likely N-dealkylation sites (tertiary alicyclic amines) is 1. The quantitative estimate of drug-likeness (QED) is 0.850. The Bertz CT molecular complexity index is 696. The number of piperidine rings is 1. The maximum atomic E-state index is 12.8. The summed E-state index contributed by atoms with van der Waals surface area (Å²) < 4.78 is 1.86. The smallest absolute Gasteiger partial charge is 0.225 e. The predicted octanol–water partition coefficient (Wildman–Crippen LogP) is 2.35. The molecular weight excluding hydrogens is 302 g/mol. The maximum absolute atomic E-state index is 12.8. The zero-order valence-electron chi connectivity index (χ0n) is 14.1. The molecule has 0 spiro atoms. The maximum Gasteiger partial charge on any atom is 0.225 e. The largest absolute Gasteiger partial charge is 0.355 e. The van der Waals surface area contributed by atoms with Crippen molar-refractivity contribution in [1.82, 2.24) is 19.5 Å². The molecule has 0 radical (unpaired) electrons. The fourth-order valence-electron chi connectivity index (χ4n) is 3.97. The molecule has 0 unspecified atom stereocenters. The van der Waals surface area contributed by atoms with Gasteiger partial charge in [0.15, 0.2) is 5.82 Å². The van der Waals surface area contributed by atoms with E-state index >= 15 is 0 Å². The van der Waals surface area contributed by atoms with Crippen LogP contribution in [0.5, 0.6) is 0 Å². The lowest BCUT2D eigenvalue weighted by Crippen LogP contribution is -2.43. The number of carbonyl (C=O) groups is 1. The first kappa shape index (κ1) is 15.4. The van der Waals surface area contributed by atoms with Gasteiger partial charge in [0, 0.05) is 44.5 Å². The summed E-state index contributed by atoms with van der Waals surface area (Å²) in [6.45, 7) is 3.69. The highest BCUT2D eigenvalue weighted by molar-refractivity contribution is 5.79. The summed E-state index contributed by atoms with van der Waals surface area (Å²) in [5.41, 5.74) is 1.04. The number of anilines is 1. The first-order valence-corrected chi connectivity index (χ1v) is 9.15. The van der Waals surface area contributed by atoms with E-state index in [0.29, 0.717) is 5.91 Å². The van der Waals surface area contributed by atoms with Gasteiger partial charge >= 0.3 is 0 Å². The Hall–Kier alpha value is -2.11.